The highest BCUT2D eigenvalue weighted by atomic mass is 35.5. The van der Waals surface area contributed by atoms with E-state index in [0.29, 0.717) is 30.7 Å². The topological polar surface area (TPSA) is 49.8 Å². The first-order chi connectivity index (χ1) is 12.5. The van der Waals surface area contributed by atoms with E-state index in [-0.39, 0.29) is 11.1 Å². The predicted molar refractivity (Wildman–Crippen MR) is 111 cm³/mol. The molecule has 1 fully saturated rings. The zero-order valence-corrected chi connectivity index (χ0v) is 19.5. The molecule has 7 heteroatoms. The Kier molecular flexibility index (Phi) is 7.36. The Hall–Kier alpha value is -0.663. The Morgan fingerprint density at radius 2 is 2.07 bits per heavy atom. The van der Waals surface area contributed by atoms with Crippen LogP contribution in [0, 0.1) is 0 Å². The summed E-state index contributed by atoms with van der Waals surface area (Å²) < 4.78 is 23.9. The maximum Gasteiger partial charge on any atom is 0.191 e. The summed E-state index contributed by atoms with van der Waals surface area (Å²) in [4.78, 5) is 4.24. The molecule has 1 aliphatic heterocycles. The Morgan fingerprint density at radius 3 is 2.63 bits per heavy atom. The lowest BCUT2D eigenvalue weighted by atomic mass is 9.93. The van der Waals surface area contributed by atoms with Gasteiger partial charge in [0.1, 0.15) is 16.5 Å². The second-order valence-electron chi connectivity index (χ2n) is 8.80. The Balaban J connectivity index is 2.06. The van der Waals surface area contributed by atoms with Gasteiger partial charge >= 0.3 is 0 Å². The summed E-state index contributed by atoms with van der Waals surface area (Å²) in [7, 11) is -0.0670. The third kappa shape index (κ3) is 5.24. The smallest absolute Gasteiger partial charge is 0.191 e. The predicted octanol–water partition coefficient (Wildman–Crippen LogP) is 5.18. The van der Waals surface area contributed by atoms with Crippen molar-refractivity contribution in [3.05, 3.63) is 23.0 Å². The molecule has 0 aromatic carbocycles. The fourth-order valence-electron chi connectivity index (χ4n) is 2.91. The van der Waals surface area contributed by atoms with Crippen LogP contribution in [0.25, 0.3) is 0 Å². The Morgan fingerprint density at radius 1 is 1.37 bits per heavy atom. The van der Waals surface area contributed by atoms with Gasteiger partial charge in [0.15, 0.2) is 8.32 Å². The van der Waals surface area contributed by atoms with Gasteiger partial charge in [-0.3, -0.25) is 0 Å². The van der Waals surface area contributed by atoms with Crippen LogP contribution in [0.15, 0.2) is 12.3 Å². The number of methoxy groups -OCH3 is 1. The highest BCUT2D eigenvalue weighted by Gasteiger charge is 2.42. The molecule has 1 saturated heterocycles. The first kappa shape index (κ1) is 22.6. The van der Waals surface area contributed by atoms with E-state index in [4.69, 9.17) is 30.2 Å². The fraction of sp³-hybridized carbons (Fsp3) is 0.750. The summed E-state index contributed by atoms with van der Waals surface area (Å²) >= 11 is 6.43. The van der Waals surface area contributed by atoms with Crippen LogP contribution in [0.2, 0.25) is 23.3 Å². The first-order valence-electron chi connectivity index (χ1n) is 9.61. The molecule has 0 saturated carbocycles. The van der Waals surface area contributed by atoms with E-state index in [0.717, 1.165) is 18.4 Å². The van der Waals surface area contributed by atoms with Gasteiger partial charge < -0.3 is 18.6 Å². The highest BCUT2D eigenvalue weighted by Crippen LogP contribution is 2.42. The van der Waals surface area contributed by atoms with Crippen LogP contribution in [-0.2, 0) is 19.5 Å². The van der Waals surface area contributed by atoms with Gasteiger partial charge in [0.25, 0.3) is 0 Å². The number of nitrogens with zero attached hydrogens (tertiary/aromatic N) is 1. The van der Waals surface area contributed by atoms with Crippen molar-refractivity contribution in [2.24, 2.45) is 0 Å². The van der Waals surface area contributed by atoms with Crippen LogP contribution in [0.4, 0.5) is 0 Å². The number of pyridine rings is 1. The molecule has 0 radical (unpaired) electrons. The normalized spacial score (nSPS) is 22.1. The van der Waals surface area contributed by atoms with E-state index in [1.165, 1.54) is 0 Å². The van der Waals surface area contributed by atoms with Crippen molar-refractivity contribution in [2.45, 2.75) is 70.4 Å². The van der Waals surface area contributed by atoms with E-state index in [1.807, 2.05) is 6.07 Å². The number of aromatic nitrogens is 1. The molecule has 0 unspecified atom stereocenters. The zero-order chi connectivity index (χ0) is 20.3. The average Bonchev–Trinajstić information content (AvgIpc) is 3.03. The lowest BCUT2D eigenvalue weighted by Gasteiger charge is -2.36. The van der Waals surface area contributed by atoms with Gasteiger partial charge in [0.05, 0.1) is 18.3 Å². The van der Waals surface area contributed by atoms with Crippen molar-refractivity contribution in [3.8, 4) is 5.75 Å². The molecule has 27 heavy (non-hydrogen) atoms. The molecule has 1 aromatic heterocycles. The van der Waals surface area contributed by atoms with E-state index in [2.05, 4.69) is 45.8 Å². The summed E-state index contributed by atoms with van der Waals surface area (Å²) in [5, 5.41) is 0.612. The molecule has 0 spiro atoms. The van der Waals surface area contributed by atoms with Gasteiger partial charge in [0, 0.05) is 39.4 Å². The molecular formula is C20H34ClNO4Si. The third-order valence-electron chi connectivity index (χ3n) is 5.82. The lowest BCUT2D eigenvalue weighted by Crippen LogP contribution is -2.41. The van der Waals surface area contributed by atoms with Crippen LogP contribution >= 0.6 is 11.6 Å². The van der Waals surface area contributed by atoms with Crippen LogP contribution in [0.3, 0.4) is 0 Å². The molecule has 2 heterocycles. The molecule has 5 nitrogen and oxygen atoms in total. The molecule has 0 bridgehead atoms. The summed E-state index contributed by atoms with van der Waals surface area (Å²) in [6.07, 6.45) is 3.19. The molecule has 0 aliphatic carbocycles. The van der Waals surface area contributed by atoms with Gasteiger partial charge in [-0.15, -0.1) is 0 Å². The maximum atomic E-state index is 6.43. The molecule has 2 atom stereocenters. The van der Waals surface area contributed by atoms with Crippen LogP contribution in [-0.4, -0.2) is 46.3 Å². The van der Waals surface area contributed by atoms with E-state index >= 15 is 0 Å². The molecule has 0 N–H and O–H groups in total. The van der Waals surface area contributed by atoms with Crippen molar-refractivity contribution in [3.63, 3.8) is 0 Å². The summed E-state index contributed by atoms with van der Waals surface area (Å²) in [5.41, 5.74) is 0.182. The molecular weight excluding hydrogens is 382 g/mol. The van der Waals surface area contributed by atoms with Crippen molar-refractivity contribution < 1.29 is 18.6 Å². The van der Waals surface area contributed by atoms with Gasteiger partial charge in [-0.1, -0.05) is 32.4 Å². The van der Waals surface area contributed by atoms with E-state index in [1.54, 1.807) is 13.3 Å². The second kappa shape index (κ2) is 8.78. The zero-order valence-electron chi connectivity index (χ0n) is 17.7. The number of hydrogen-bond acceptors (Lipinski definition) is 5. The second-order valence-corrected chi connectivity index (χ2v) is 14.0. The number of ether oxygens (including phenoxy) is 3. The van der Waals surface area contributed by atoms with Crippen molar-refractivity contribution in [2.75, 3.05) is 26.9 Å². The van der Waals surface area contributed by atoms with Gasteiger partial charge in [-0.25, -0.2) is 4.98 Å². The quantitative estimate of drug-likeness (QED) is 0.432. The Labute approximate surface area is 169 Å². The molecule has 1 aromatic rings. The van der Waals surface area contributed by atoms with E-state index in [9.17, 15) is 0 Å². The van der Waals surface area contributed by atoms with Crippen molar-refractivity contribution in [1.29, 1.82) is 0 Å². The van der Waals surface area contributed by atoms with Crippen LogP contribution in [0.5, 0.6) is 5.75 Å². The first-order valence-corrected chi connectivity index (χ1v) is 12.9. The highest BCUT2D eigenvalue weighted by molar-refractivity contribution is 6.74. The number of rotatable bonds is 8. The van der Waals surface area contributed by atoms with Crippen LogP contribution in [0.1, 0.15) is 46.1 Å². The van der Waals surface area contributed by atoms with Crippen molar-refractivity contribution in [1.82, 2.24) is 4.98 Å². The minimum atomic E-state index is -1.75. The third-order valence-corrected chi connectivity index (χ3v) is 10.6. The number of halogens is 1. The van der Waals surface area contributed by atoms with Gasteiger partial charge in [-0.05, 0) is 31.1 Å². The summed E-state index contributed by atoms with van der Waals surface area (Å²) in [6, 6.07) is 1.85. The van der Waals surface area contributed by atoms with Crippen molar-refractivity contribution >= 4 is 19.9 Å². The lowest BCUT2D eigenvalue weighted by molar-refractivity contribution is -0.0241. The largest absolute Gasteiger partial charge is 0.490 e. The van der Waals surface area contributed by atoms with Gasteiger partial charge in [0.2, 0.25) is 0 Å². The standard InChI is InChI=1S/C20H34ClNO4Si/c1-15(9-12-25-27(6,7)19(2,3)4)26-16-8-11-22-18(21)17(16)20(23-5)10-13-24-14-20/h8,11,15H,9-10,12-14H2,1-7H3/t15-,20-/m0/s1. The molecule has 1 aliphatic rings. The van der Waals surface area contributed by atoms with E-state index < -0.39 is 13.9 Å². The fourth-order valence-corrected chi connectivity index (χ4v) is 4.29. The average molecular weight is 416 g/mol. The molecule has 154 valence electrons. The minimum absolute atomic E-state index is 0.0109. The molecule has 0 amide bonds. The SMILES string of the molecule is CO[C@@]1(c2c(O[C@@H](C)CCO[Si](C)(C)C(C)(C)C)ccnc2Cl)CCOC1. The molecule has 2 rings (SSSR count). The maximum absolute atomic E-state index is 6.43. The summed E-state index contributed by atoms with van der Waals surface area (Å²) in [5.74, 6) is 0.710. The Bertz CT molecular complexity index is 627. The number of hydrogen-bond donors (Lipinski definition) is 0. The monoisotopic (exact) mass is 415 g/mol. The van der Waals surface area contributed by atoms with Gasteiger partial charge in [-0.2, -0.15) is 0 Å². The summed E-state index contributed by atoms with van der Waals surface area (Å²) in [6.45, 7) is 15.1. The minimum Gasteiger partial charge on any atom is -0.490 e. The van der Waals surface area contributed by atoms with Crippen LogP contribution < -0.4 is 4.74 Å².